The van der Waals surface area contributed by atoms with Crippen molar-refractivity contribution in [3.8, 4) is 0 Å². The zero-order chi connectivity index (χ0) is 16.8. The molecule has 0 bridgehead atoms. The summed E-state index contributed by atoms with van der Waals surface area (Å²) in [7, 11) is 0. The number of anilines is 2. The molecule has 0 aliphatic carbocycles. The Hall–Kier alpha value is -2.28. The quantitative estimate of drug-likeness (QED) is 0.552. The number of nitrogens with zero attached hydrogens (tertiary/aromatic N) is 2. The maximum atomic E-state index is 12.2. The summed E-state index contributed by atoms with van der Waals surface area (Å²) < 4.78 is 0. The number of nitrogens with one attached hydrogen (secondary N) is 1. The molecule has 0 aliphatic heterocycles. The molecular formula is C16H21N5OS. The van der Waals surface area contributed by atoms with E-state index in [1.54, 1.807) is 6.92 Å². The SMILES string of the molecule is CC(Sc1nc(N)cc(N)n1)C(=O)NCC(C)c1ccccc1. The molecule has 2 unspecified atom stereocenters. The molecule has 7 heteroatoms. The summed E-state index contributed by atoms with van der Waals surface area (Å²) in [5.74, 6) is 0.773. The monoisotopic (exact) mass is 331 g/mol. The van der Waals surface area contributed by atoms with Crippen LogP contribution in [0.15, 0.2) is 41.6 Å². The first-order chi connectivity index (χ1) is 11.0. The van der Waals surface area contributed by atoms with Gasteiger partial charge in [0.15, 0.2) is 5.16 Å². The molecule has 0 fully saturated rings. The fourth-order valence-electron chi connectivity index (χ4n) is 2.02. The number of hydrogen-bond acceptors (Lipinski definition) is 6. The Morgan fingerprint density at radius 1 is 1.17 bits per heavy atom. The second kappa shape index (κ2) is 7.82. The average Bonchev–Trinajstić information content (AvgIpc) is 2.52. The van der Waals surface area contributed by atoms with Gasteiger partial charge in [-0.1, -0.05) is 49.0 Å². The van der Waals surface area contributed by atoms with E-state index in [-0.39, 0.29) is 17.1 Å². The van der Waals surface area contributed by atoms with Crippen LogP contribution in [0.5, 0.6) is 0 Å². The van der Waals surface area contributed by atoms with Crippen molar-refractivity contribution in [1.29, 1.82) is 0 Å². The number of amides is 1. The molecule has 0 spiro atoms. The van der Waals surface area contributed by atoms with Gasteiger partial charge in [-0.25, -0.2) is 9.97 Å². The van der Waals surface area contributed by atoms with Crippen molar-refractivity contribution in [3.05, 3.63) is 42.0 Å². The van der Waals surface area contributed by atoms with Crippen LogP contribution in [-0.4, -0.2) is 27.7 Å². The summed E-state index contributed by atoms with van der Waals surface area (Å²) in [6.07, 6.45) is 0. The number of rotatable bonds is 6. The molecule has 5 N–H and O–H groups in total. The molecule has 2 atom stereocenters. The van der Waals surface area contributed by atoms with Gasteiger partial charge in [0.2, 0.25) is 5.91 Å². The van der Waals surface area contributed by atoms with E-state index < -0.39 is 0 Å². The molecule has 122 valence electrons. The molecule has 0 saturated heterocycles. The van der Waals surface area contributed by atoms with E-state index in [0.717, 1.165) is 0 Å². The molecule has 23 heavy (non-hydrogen) atoms. The predicted octanol–water partition coefficient (Wildman–Crippen LogP) is 2.04. The highest BCUT2D eigenvalue weighted by molar-refractivity contribution is 8.00. The topological polar surface area (TPSA) is 107 Å². The van der Waals surface area contributed by atoms with Crippen LogP contribution in [0, 0.1) is 0 Å². The summed E-state index contributed by atoms with van der Waals surface area (Å²) in [6.45, 7) is 4.46. The van der Waals surface area contributed by atoms with Crippen molar-refractivity contribution in [2.45, 2.75) is 30.2 Å². The van der Waals surface area contributed by atoms with Gasteiger partial charge in [-0.2, -0.15) is 0 Å². The van der Waals surface area contributed by atoms with Gasteiger partial charge < -0.3 is 16.8 Å². The van der Waals surface area contributed by atoms with Gasteiger partial charge in [-0.3, -0.25) is 4.79 Å². The third-order valence-corrected chi connectivity index (χ3v) is 4.31. The van der Waals surface area contributed by atoms with E-state index in [1.807, 2.05) is 18.2 Å². The number of nitrogen functional groups attached to an aromatic ring is 2. The van der Waals surface area contributed by atoms with Crippen LogP contribution in [0.3, 0.4) is 0 Å². The van der Waals surface area contributed by atoms with E-state index in [2.05, 4.69) is 34.3 Å². The van der Waals surface area contributed by atoms with Gasteiger partial charge in [0, 0.05) is 12.6 Å². The van der Waals surface area contributed by atoms with Gasteiger partial charge in [0.05, 0.1) is 5.25 Å². The maximum absolute atomic E-state index is 12.2. The van der Waals surface area contributed by atoms with Crippen molar-refractivity contribution >= 4 is 29.3 Å². The normalized spacial score (nSPS) is 13.3. The lowest BCUT2D eigenvalue weighted by Crippen LogP contribution is -2.33. The van der Waals surface area contributed by atoms with Crippen LogP contribution in [0.4, 0.5) is 11.6 Å². The third-order valence-electron chi connectivity index (χ3n) is 3.35. The maximum Gasteiger partial charge on any atom is 0.233 e. The van der Waals surface area contributed by atoms with Crippen LogP contribution in [0.25, 0.3) is 0 Å². The van der Waals surface area contributed by atoms with E-state index in [4.69, 9.17) is 11.5 Å². The van der Waals surface area contributed by atoms with Gasteiger partial charge in [0.25, 0.3) is 0 Å². The summed E-state index contributed by atoms with van der Waals surface area (Å²) in [6, 6.07) is 11.6. The summed E-state index contributed by atoms with van der Waals surface area (Å²) in [5.41, 5.74) is 12.5. The van der Waals surface area contributed by atoms with E-state index in [9.17, 15) is 4.79 Å². The minimum Gasteiger partial charge on any atom is -0.383 e. The van der Waals surface area contributed by atoms with E-state index in [1.165, 1.54) is 23.4 Å². The van der Waals surface area contributed by atoms with Crippen LogP contribution in [-0.2, 0) is 4.79 Å². The van der Waals surface area contributed by atoms with Crippen molar-refractivity contribution in [2.24, 2.45) is 0 Å². The predicted molar refractivity (Wildman–Crippen MR) is 94.0 cm³/mol. The summed E-state index contributed by atoms with van der Waals surface area (Å²) in [4.78, 5) is 20.3. The van der Waals surface area contributed by atoms with Crippen LogP contribution in [0.1, 0.15) is 25.3 Å². The number of carbonyl (C=O) groups excluding carboxylic acids is 1. The van der Waals surface area contributed by atoms with Gasteiger partial charge in [-0.05, 0) is 18.4 Å². The van der Waals surface area contributed by atoms with Gasteiger partial charge in [-0.15, -0.1) is 0 Å². The lowest BCUT2D eigenvalue weighted by Gasteiger charge is -2.15. The fourth-order valence-corrected chi connectivity index (χ4v) is 2.85. The van der Waals surface area contributed by atoms with Crippen LogP contribution >= 0.6 is 11.8 Å². The number of thioether (sulfide) groups is 1. The first kappa shape index (κ1) is 17.1. The molecular weight excluding hydrogens is 310 g/mol. The molecule has 6 nitrogen and oxygen atoms in total. The highest BCUT2D eigenvalue weighted by atomic mass is 32.2. The summed E-state index contributed by atoms with van der Waals surface area (Å²) in [5, 5.41) is 3.02. The Labute approximate surface area is 140 Å². The first-order valence-corrected chi connectivity index (χ1v) is 8.23. The fraction of sp³-hybridized carbons (Fsp3) is 0.312. The zero-order valence-corrected chi connectivity index (χ0v) is 14.0. The smallest absolute Gasteiger partial charge is 0.233 e. The molecule has 2 aromatic rings. The van der Waals surface area contributed by atoms with Crippen LogP contribution < -0.4 is 16.8 Å². The number of benzene rings is 1. The largest absolute Gasteiger partial charge is 0.383 e. The molecule has 1 aromatic heterocycles. The highest BCUT2D eigenvalue weighted by Gasteiger charge is 2.17. The lowest BCUT2D eigenvalue weighted by atomic mass is 10.0. The minimum atomic E-state index is -0.334. The average molecular weight is 331 g/mol. The molecule has 0 saturated carbocycles. The number of aromatic nitrogens is 2. The second-order valence-corrected chi connectivity index (χ2v) is 6.63. The Morgan fingerprint density at radius 3 is 2.39 bits per heavy atom. The van der Waals surface area contributed by atoms with Gasteiger partial charge in [0.1, 0.15) is 11.6 Å². The molecule has 0 radical (unpaired) electrons. The van der Waals surface area contributed by atoms with Crippen molar-refractivity contribution in [2.75, 3.05) is 18.0 Å². The van der Waals surface area contributed by atoms with Crippen LogP contribution in [0.2, 0.25) is 0 Å². The highest BCUT2D eigenvalue weighted by Crippen LogP contribution is 2.22. The molecule has 0 aliphatic rings. The molecule has 1 heterocycles. The zero-order valence-electron chi connectivity index (χ0n) is 13.2. The second-order valence-electron chi connectivity index (χ2n) is 5.32. The third kappa shape index (κ3) is 5.14. The Kier molecular flexibility index (Phi) is 5.81. The van der Waals surface area contributed by atoms with Gasteiger partial charge >= 0.3 is 0 Å². The van der Waals surface area contributed by atoms with Crippen molar-refractivity contribution in [1.82, 2.24) is 15.3 Å². The van der Waals surface area contributed by atoms with E-state index in [0.29, 0.717) is 23.3 Å². The lowest BCUT2D eigenvalue weighted by molar-refractivity contribution is -0.120. The van der Waals surface area contributed by atoms with E-state index >= 15 is 0 Å². The summed E-state index contributed by atoms with van der Waals surface area (Å²) >= 11 is 1.23. The Morgan fingerprint density at radius 2 is 1.78 bits per heavy atom. The minimum absolute atomic E-state index is 0.0672. The number of hydrogen-bond donors (Lipinski definition) is 3. The Balaban J connectivity index is 1.87. The van der Waals surface area contributed by atoms with Crippen molar-refractivity contribution in [3.63, 3.8) is 0 Å². The first-order valence-electron chi connectivity index (χ1n) is 7.35. The van der Waals surface area contributed by atoms with Crippen molar-refractivity contribution < 1.29 is 4.79 Å². The Bertz CT molecular complexity index is 645. The molecule has 2 rings (SSSR count). The number of carbonyl (C=O) groups is 1. The standard InChI is InChI=1S/C16H21N5OS/c1-10(12-6-4-3-5-7-12)9-19-15(22)11(2)23-16-20-13(17)8-14(18)21-16/h3-8,10-11H,9H2,1-2H3,(H,19,22)(H4,17,18,20,21). The molecule has 1 aromatic carbocycles. The molecule has 1 amide bonds. The number of nitrogens with two attached hydrogens (primary N) is 2.